The second kappa shape index (κ2) is 6.65. The molecule has 0 bridgehead atoms. The highest BCUT2D eigenvalue weighted by Gasteiger charge is 2.20. The number of carbonyl (C=O) groups excluding carboxylic acids is 1. The van der Waals surface area contributed by atoms with E-state index in [0.717, 1.165) is 30.5 Å². The maximum Gasteiger partial charge on any atom is 0.150 e. The molecule has 0 amide bonds. The first kappa shape index (κ1) is 16.8. The topological polar surface area (TPSA) is 20.3 Å². The van der Waals surface area contributed by atoms with Gasteiger partial charge >= 0.3 is 0 Å². The van der Waals surface area contributed by atoms with Crippen molar-refractivity contribution in [3.05, 3.63) is 101 Å². The SMILES string of the molecule is Cc1ccc(N(c2ccc(C=O)cc2)c2ccc3c4c(cccc24)CC3)cc1. The van der Waals surface area contributed by atoms with Crippen molar-refractivity contribution in [2.75, 3.05) is 4.90 Å². The van der Waals surface area contributed by atoms with Gasteiger partial charge in [0, 0.05) is 22.3 Å². The van der Waals surface area contributed by atoms with Crippen LogP contribution in [0.5, 0.6) is 0 Å². The van der Waals surface area contributed by atoms with Crippen molar-refractivity contribution in [2.45, 2.75) is 19.8 Å². The Morgan fingerprint density at radius 2 is 1.39 bits per heavy atom. The molecule has 136 valence electrons. The molecular weight excluding hydrogens is 342 g/mol. The van der Waals surface area contributed by atoms with Gasteiger partial charge in [-0.2, -0.15) is 0 Å². The van der Waals surface area contributed by atoms with E-state index >= 15 is 0 Å². The van der Waals surface area contributed by atoms with E-state index < -0.39 is 0 Å². The molecule has 0 heterocycles. The van der Waals surface area contributed by atoms with Gasteiger partial charge in [0.25, 0.3) is 0 Å². The zero-order valence-electron chi connectivity index (χ0n) is 15.9. The minimum atomic E-state index is 0.688. The van der Waals surface area contributed by atoms with Gasteiger partial charge in [-0.1, -0.05) is 42.0 Å². The minimum absolute atomic E-state index is 0.688. The van der Waals surface area contributed by atoms with E-state index in [0.29, 0.717) is 5.56 Å². The Morgan fingerprint density at radius 3 is 2.07 bits per heavy atom. The molecule has 28 heavy (non-hydrogen) atoms. The lowest BCUT2D eigenvalue weighted by Gasteiger charge is -2.27. The fourth-order valence-electron chi connectivity index (χ4n) is 4.25. The average molecular weight is 363 g/mol. The maximum absolute atomic E-state index is 11.1. The molecule has 1 aliphatic rings. The first-order chi connectivity index (χ1) is 13.7. The van der Waals surface area contributed by atoms with Gasteiger partial charge in [0.1, 0.15) is 6.29 Å². The molecule has 4 aromatic carbocycles. The van der Waals surface area contributed by atoms with E-state index in [4.69, 9.17) is 0 Å². The Kier molecular flexibility index (Phi) is 3.98. The highest BCUT2D eigenvalue weighted by molar-refractivity contribution is 6.03. The van der Waals surface area contributed by atoms with Gasteiger partial charge in [-0.05, 0) is 78.7 Å². The fourth-order valence-corrected chi connectivity index (χ4v) is 4.25. The second-order valence-electron chi connectivity index (χ2n) is 7.46. The molecule has 0 atom stereocenters. The third kappa shape index (κ3) is 2.69. The Balaban J connectivity index is 1.76. The molecule has 2 nitrogen and oxygen atoms in total. The number of hydrogen-bond donors (Lipinski definition) is 0. The molecule has 0 fully saturated rings. The largest absolute Gasteiger partial charge is 0.310 e. The Bertz CT molecular complexity index is 1160. The monoisotopic (exact) mass is 363 g/mol. The zero-order chi connectivity index (χ0) is 19.1. The van der Waals surface area contributed by atoms with Crippen LogP contribution in [0.25, 0.3) is 10.8 Å². The fraction of sp³-hybridized carbons (Fsp3) is 0.115. The Hall–Kier alpha value is -3.39. The molecule has 0 saturated carbocycles. The van der Waals surface area contributed by atoms with Crippen LogP contribution in [0.2, 0.25) is 0 Å². The van der Waals surface area contributed by atoms with Crippen LogP contribution in [-0.2, 0) is 12.8 Å². The van der Waals surface area contributed by atoms with Crippen LogP contribution in [0.15, 0.2) is 78.9 Å². The number of hydrogen-bond acceptors (Lipinski definition) is 2. The lowest BCUT2D eigenvalue weighted by molar-refractivity contribution is 0.112. The third-order valence-corrected chi connectivity index (χ3v) is 5.67. The molecule has 5 rings (SSSR count). The number of anilines is 3. The van der Waals surface area contributed by atoms with Crippen LogP contribution >= 0.6 is 0 Å². The third-order valence-electron chi connectivity index (χ3n) is 5.67. The predicted octanol–water partition coefficient (Wildman–Crippen LogP) is 6.53. The van der Waals surface area contributed by atoms with Crippen LogP contribution in [0.1, 0.15) is 27.0 Å². The number of nitrogens with zero attached hydrogens (tertiary/aromatic N) is 1. The van der Waals surface area contributed by atoms with Crippen molar-refractivity contribution in [3.63, 3.8) is 0 Å². The van der Waals surface area contributed by atoms with Crippen molar-refractivity contribution in [2.24, 2.45) is 0 Å². The summed E-state index contributed by atoms with van der Waals surface area (Å²) in [6, 6.07) is 27.5. The molecule has 0 N–H and O–H groups in total. The predicted molar refractivity (Wildman–Crippen MR) is 116 cm³/mol. The van der Waals surface area contributed by atoms with Crippen molar-refractivity contribution >= 4 is 34.1 Å². The molecule has 0 radical (unpaired) electrons. The number of benzene rings is 4. The summed E-state index contributed by atoms with van der Waals surface area (Å²) >= 11 is 0. The standard InChI is InChI=1S/C26H21NO/c1-18-5-12-22(13-6-18)27(23-14-7-19(17-28)8-15-23)25-16-11-21-10-9-20-3-2-4-24(25)26(20)21/h2-8,11-17H,9-10H2,1H3. The van der Waals surface area contributed by atoms with E-state index in [1.807, 2.05) is 24.3 Å². The van der Waals surface area contributed by atoms with Crippen LogP contribution in [0.3, 0.4) is 0 Å². The first-order valence-electron chi connectivity index (χ1n) is 9.70. The lowest BCUT2D eigenvalue weighted by Crippen LogP contribution is -2.10. The van der Waals surface area contributed by atoms with Gasteiger partial charge in [0.15, 0.2) is 0 Å². The number of aryl methyl sites for hydroxylation is 3. The summed E-state index contributed by atoms with van der Waals surface area (Å²) < 4.78 is 0. The summed E-state index contributed by atoms with van der Waals surface area (Å²) in [5.41, 5.74) is 8.14. The molecule has 1 aliphatic carbocycles. The van der Waals surface area contributed by atoms with Gasteiger partial charge in [-0.3, -0.25) is 4.79 Å². The first-order valence-corrected chi connectivity index (χ1v) is 9.70. The van der Waals surface area contributed by atoms with E-state index in [1.165, 1.54) is 33.2 Å². The maximum atomic E-state index is 11.1. The van der Waals surface area contributed by atoms with E-state index in [-0.39, 0.29) is 0 Å². The second-order valence-corrected chi connectivity index (χ2v) is 7.46. The highest BCUT2D eigenvalue weighted by atomic mass is 16.1. The summed E-state index contributed by atoms with van der Waals surface area (Å²) in [7, 11) is 0. The minimum Gasteiger partial charge on any atom is -0.310 e. The van der Waals surface area contributed by atoms with Gasteiger partial charge < -0.3 is 4.90 Å². The normalized spacial score (nSPS) is 12.3. The van der Waals surface area contributed by atoms with Crippen molar-refractivity contribution in [1.29, 1.82) is 0 Å². The van der Waals surface area contributed by atoms with Crippen LogP contribution in [0.4, 0.5) is 17.1 Å². The van der Waals surface area contributed by atoms with Gasteiger partial charge in [0.2, 0.25) is 0 Å². The van der Waals surface area contributed by atoms with Crippen molar-refractivity contribution in [1.82, 2.24) is 0 Å². The summed E-state index contributed by atoms with van der Waals surface area (Å²) in [6.45, 7) is 2.10. The Morgan fingerprint density at radius 1 is 0.750 bits per heavy atom. The van der Waals surface area contributed by atoms with Crippen LogP contribution in [-0.4, -0.2) is 6.29 Å². The van der Waals surface area contributed by atoms with Gasteiger partial charge in [0.05, 0.1) is 5.69 Å². The summed E-state index contributed by atoms with van der Waals surface area (Å²) in [5, 5.41) is 2.69. The van der Waals surface area contributed by atoms with Crippen LogP contribution in [0, 0.1) is 6.92 Å². The lowest BCUT2D eigenvalue weighted by atomic mass is 10.0. The molecular formula is C26H21NO. The average Bonchev–Trinajstić information content (AvgIpc) is 3.16. The Labute approximate surface area is 165 Å². The molecule has 0 unspecified atom stereocenters. The molecule has 2 heteroatoms. The molecule has 0 saturated heterocycles. The van der Waals surface area contributed by atoms with E-state index in [9.17, 15) is 4.79 Å². The number of rotatable bonds is 4. The summed E-state index contributed by atoms with van der Waals surface area (Å²) in [6.07, 6.45) is 3.13. The smallest absolute Gasteiger partial charge is 0.150 e. The van der Waals surface area contributed by atoms with Crippen molar-refractivity contribution < 1.29 is 4.79 Å². The zero-order valence-corrected chi connectivity index (χ0v) is 15.9. The highest BCUT2D eigenvalue weighted by Crippen LogP contribution is 2.42. The van der Waals surface area contributed by atoms with Crippen LogP contribution < -0.4 is 4.90 Å². The van der Waals surface area contributed by atoms with Gasteiger partial charge in [-0.25, -0.2) is 0 Å². The van der Waals surface area contributed by atoms with Crippen molar-refractivity contribution in [3.8, 4) is 0 Å². The van der Waals surface area contributed by atoms with Gasteiger partial charge in [-0.15, -0.1) is 0 Å². The molecule has 0 aliphatic heterocycles. The molecule has 0 spiro atoms. The summed E-state index contributed by atoms with van der Waals surface area (Å²) in [4.78, 5) is 13.4. The van der Waals surface area contributed by atoms with E-state index in [1.54, 1.807) is 0 Å². The quantitative estimate of drug-likeness (QED) is 0.384. The number of carbonyl (C=O) groups is 1. The van der Waals surface area contributed by atoms with E-state index in [2.05, 4.69) is 66.4 Å². The molecule has 4 aromatic rings. The number of aldehydes is 1. The molecule has 0 aromatic heterocycles. The summed E-state index contributed by atoms with van der Waals surface area (Å²) in [5.74, 6) is 0.